The van der Waals surface area contributed by atoms with Crippen molar-refractivity contribution in [1.82, 2.24) is 4.57 Å². The second-order valence-electron chi connectivity index (χ2n) is 15.5. The lowest BCUT2D eigenvalue weighted by molar-refractivity contribution is 0.668. The van der Waals surface area contributed by atoms with Crippen LogP contribution in [0.3, 0.4) is 0 Å². The van der Waals surface area contributed by atoms with Crippen molar-refractivity contribution in [3.63, 3.8) is 0 Å². The molecular formula is C52H29BN2O2. The van der Waals surface area contributed by atoms with E-state index in [1.165, 1.54) is 65.9 Å². The van der Waals surface area contributed by atoms with E-state index in [1.54, 1.807) is 0 Å². The fraction of sp³-hybridized carbons (Fsp3) is 0. The third-order valence-corrected chi connectivity index (χ3v) is 12.7. The highest BCUT2D eigenvalue weighted by atomic mass is 16.3. The zero-order chi connectivity index (χ0) is 36.9. The second-order valence-corrected chi connectivity index (χ2v) is 15.5. The summed E-state index contributed by atoms with van der Waals surface area (Å²) in [5.74, 6) is 0. The number of hydrogen-bond acceptors (Lipinski definition) is 3. The van der Waals surface area contributed by atoms with Crippen molar-refractivity contribution in [1.29, 1.82) is 0 Å². The molecule has 0 saturated carbocycles. The van der Waals surface area contributed by atoms with Crippen LogP contribution in [0.15, 0.2) is 185 Å². The quantitative estimate of drug-likeness (QED) is 0.167. The molecule has 3 aromatic heterocycles. The van der Waals surface area contributed by atoms with Crippen LogP contribution in [0, 0.1) is 0 Å². The molecule has 9 aromatic carbocycles. The van der Waals surface area contributed by atoms with Crippen molar-refractivity contribution in [3.8, 4) is 27.9 Å². The van der Waals surface area contributed by atoms with E-state index >= 15 is 0 Å². The number of nitrogens with zero attached hydrogens (tertiary/aromatic N) is 2. The van der Waals surface area contributed by atoms with E-state index in [2.05, 4.69) is 185 Å². The third kappa shape index (κ3) is 3.74. The number of benzene rings is 9. The molecule has 0 saturated heterocycles. The summed E-state index contributed by atoms with van der Waals surface area (Å²) in [5.41, 5.74) is 16.5. The molecule has 2 aliphatic rings. The van der Waals surface area contributed by atoms with E-state index in [4.69, 9.17) is 8.83 Å². The molecule has 0 amide bonds. The summed E-state index contributed by atoms with van der Waals surface area (Å²) in [6.45, 7) is -0.167. The molecule has 4 nitrogen and oxygen atoms in total. The minimum absolute atomic E-state index is 0.167. The van der Waals surface area contributed by atoms with Crippen molar-refractivity contribution in [2.45, 2.75) is 0 Å². The average molecular weight is 725 g/mol. The van der Waals surface area contributed by atoms with Crippen LogP contribution in [0.4, 0.5) is 11.4 Å². The summed E-state index contributed by atoms with van der Waals surface area (Å²) < 4.78 is 16.4. The Hall–Kier alpha value is -7.50. The first-order chi connectivity index (χ1) is 28.3. The number of aromatic nitrogens is 1. The maximum Gasteiger partial charge on any atom is 0.333 e. The van der Waals surface area contributed by atoms with Gasteiger partial charge in [0, 0.05) is 49.3 Å². The number of rotatable bonds is 2. The molecule has 0 bridgehead atoms. The number of fused-ring (bicyclic) bond motifs is 16. The van der Waals surface area contributed by atoms with Gasteiger partial charge in [-0.3, -0.25) is 0 Å². The molecule has 5 heteroatoms. The Kier molecular flexibility index (Phi) is 5.56. The zero-order valence-electron chi connectivity index (χ0n) is 30.5. The first-order valence-electron chi connectivity index (χ1n) is 19.6. The smallest absolute Gasteiger partial charge is 0.333 e. The Morgan fingerprint density at radius 2 is 1.12 bits per heavy atom. The molecule has 12 aromatic rings. The second kappa shape index (κ2) is 10.6. The molecule has 0 fully saturated rings. The molecule has 0 radical (unpaired) electrons. The van der Waals surface area contributed by atoms with E-state index in [-0.39, 0.29) is 6.85 Å². The topological polar surface area (TPSA) is 34.5 Å². The van der Waals surface area contributed by atoms with Crippen molar-refractivity contribution in [2.24, 2.45) is 0 Å². The van der Waals surface area contributed by atoms with Gasteiger partial charge in [-0.2, -0.15) is 0 Å². The molecule has 0 atom stereocenters. The van der Waals surface area contributed by atoms with Gasteiger partial charge in [0.15, 0.2) is 5.58 Å². The van der Waals surface area contributed by atoms with Crippen molar-refractivity contribution in [2.75, 3.05) is 4.81 Å². The predicted octanol–water partition coefficient (Wildman–Crippen LogP) is 12.6. The van der Waals surface area contributed by atoms with E-state index < -0.39 is 0 Å². The number of anilines is 2. The number of hydrogen-bond donors (Lipinski definition) is 0. The number of furan rings is 2. The van der Waals surface area contributed by atoms with Crippen LogP contribution in [0.5, 0.6) is 0 Å². The van der Waals surface area contributed by atoms with Gasteiger partial charge in [-0.15, -0.1) is 0 Å². The third-order valence-electron chi connectivity index (χ3n) is 12.7. The van der Waals surface area contributed by atoms with Gasteiger partial charge in [0.2, 0.25) is 0 Å². The average Bonchev–Trinajstić information content (AvgIpc) is 3.96. The van der Waals surface area contributed by atoms with Crippen LogP contribution >= 0.6 is 0 Å². The van der Waals surface area contributed by atoms with E-state index in [0.29, 0.717) is 0 Å². The highest BCUT2D eigenvalue weighted by Crippen LogP contribution is 2.51. The Bertz CT molecular complexity index is 3720. The molecule has 2 aliphatic heterocycles. The highest BCUT2D eigenvalue weighted by Gasteiger charge is 2.45. The van der Waals surface area contributed by atoms with E-state index in [1.807, 2.05) is 0 Å². The lowest BCUT2D eigenvalue weighted by atomic mass is 9.44. The SMILES string of the molecule is c1ccc(-c2cc3c4c(c2)-n2c5ccc6ccccc6c5c5cccc(c52)B4N(c2cccc4c2oc2ccccc24)c2ccc4c(oc5ccccc54)c2-3)cc1. The van der Waals surface area contributed by atoms with Crippen LogP contribution in [0.25, 0.3) is 104 Å². The van der Waals surface area contributed by atoms with Gasteiger partial charge in [0.1, 0.15) is 16.7 Å². The van der Waals surface area contributed by atoms with Gasteiger partial charge < -0.3 is 18.2 Å². The monoisotopic (exact) mass is 724 g/mol. The minimum Gasteiger partial charge on any atom is -0.455 e. The van der Waals surface area contributed by atoms with Crippen LogP contribution in [-0.4, -0.2) is 11.4 Å². The summed E-state index contributed by atoms with van der Waals surface area (Å²) in [6.07, 6.45) is 0. The van der Waals surface area contributed by atoms with Crippen molar-refractivity contribution < 1.29 is 8.83 Å². The molecular weight excluding hydrogens is 695 g/mol. The van der Waals surface area contributed by atoms with Crippen LogP contribution in [0.1, 0.15) is 0 Å². The zero-order valence-corrected chi connectivity index (χ0v) is 30.5. The van der Waals surface area contributed by atoms with Crippen LogP contribution in [0.2, 0.25) is 0 Å². The molecule has 0 unspecified atom stereocenters. The summed E-state index contributed by atoms with van der Waals surface area (Å²) in [7, 11) is 0. The van der Waals surface area contributed by atoms with Crippen LogP contribution < -0.4 is 15.7 Å². The minimum atomic E-state index is -0.167. The van der Waals surface area contributed by atoms with Crippen molar-refractivity contribution >= 4 is 106 Å². The first kappa shape index (κ1) is 29.8. The summed E-state index contributed by atoms with van der Waals surface area (Å²) >= 11 is 0. The maximum atomic E-state index is 6.97. The van der Waals surface area contributed by atoms with Gasteiger partial charge >= 0.3 is 6.85 Å². The molecule has 262 valence electrons. The largest absolute Gasteiger partial charge is 0.455 e. The fourth-order valence-corrected chi connectivity index (χ4v) is 10.4. The predicted molar refractivity (Wildman–Crippen MR) is 237 cm³/mol. The van der Waals surface area contributed by atoms with Gasteiger partial charge in [-0.1, -0.05) is 127 Å². The van der Waals surface area contributed by atoms with Gasteiger partial charge in [-0.05, 0) is 86.9 Å². The fourth-order valence-electron chi connectivity index (χ4n) is 10.4. The lowest BCUT2D eigenvalue weighted by Crippen LogP contribution is -2.60. The molecule has 0 aliphatic carbocycles. The van der Waals surface area contributed by atoms with Gasteiger partial charge in [0.05, 0.1) is 16.7 Å². The van der Waals surface area contributed by atoms with Gasteiger partial charge in [-0.25, -0.2) is 0 Å². The molecule has 5 heterocycles. The Balaban J connectivity index is 1.21. The normalized spacial score (nSPS) is 13.2. The summed E-state index contributed by atoms with van der Waals surface area (Å²) in [5, 5.41) is 9.50. The summed E-state index contributed by atoms with van der Waals surface area (Å²) in [4.78, 5) is 2.55. The highest BCUT2D eigenvalue weighted by molar-refractivity contribution is 6.94. The summed E-state index contributed by atoms with van der Waals surface area (Å²) in [6, 6.07) is 63.9. The molecule has 0 spiro atoms. The maximum absolute atomic E-state index is 6.97. The molecule has 57 heavy (non-hydrogen) atoms. The van der Waals surface area contributed by atoms with Crippen LogP contribution in [-0.2, 0) is 0 Å². The molecule has 0 N–H and O–H groups in total. The Morgan fingerprint density at radius 1 is 0.439 bits per heavy atom. The lowest BCUT2D eigenvalue weighted by Gasteiger charge is -2.42. The van der Waals surface area contributed by atoms with Gasteiger partial charge in [0.25, 0.3) is 0 Å². The Labute approximate surface area is 326 Å². The standard InChI is InChI=1S/C52H29BN2O2/c1-2-12-30(13-3-1)32-28-39-48-42(27-25-37-35-17-7-9-23-46(35)57-52(37)48)55(43-21-11-18-36-34-16-6-8-22-45(34)56-51(36)43)53-40-20-10-19-38-47-33-15-5-4-14-31(33)24-26-41(47)54(50(38)40)44(29-32)49(39)53/h1-29H. The van der Waals surface area contributed by atoms with E-state index in [0.717, 1.165) is 60.8 Å². The van der Waals surface area contributed by atoms with Crippen molar-refractivity contribution in [3.05, 3.63) is 176 Å². The molecule has 14 rings (SSSR count). The first-order valence-corrected chi connectivity index (χ1v) is 19.6. The number of para-hydroxylation sites is 4. The van der Waals surface area contributed by atoms with E-state index in [9.17, 15) is 0 Å². The Morgan fingerprint density at radius 3 is 1.96 bits per heavy atom.